The second kappa shape index (κ2) is 6.45. The molecule has 0 aliphatic heterocycles. The number of carboxylic acids is 1. The van der Waals surface area contributed by atoms with E-state index in [1.54, 1.807) is 6.08 Å². The summed E-state index contributed by atoms with van der Waals surface area (Å²) in [6, 6.07) is 6.11. The number of aliphatic carboxylic acids is 1. The minimum atomic E-state index is -0.916. The highest BCUT2D eigenvalue weighted by Gasteiger charge is 1.97. The molecule has 0 bridgehead atoms. The topological polar surface area (TPSA) is 49.3 Å². The van der Waals surface area contributed by atoms with Gasteiger partial charge in [0.2, 0.25) is 0 Å². The van der Waals surface area contributed by atoms with Gasteiger partial charge in [-0.3, -0.25) is 0 Å². The smallest absolute Gasteiger partial charge is 0.328 e. The van der Waals surface area contributed by atoms with E-state index in [1.165, 1.54) is 11.1 Å². The Morgan fingerprint density at radius 2 is 2.31 bits per heavy atom. The van der Waals surface area contributed by atoms with Crippen LogP contribution in [0.3, 0.4) is 0 Å². The van der Waals surface area contributed by atoms with Gasteiger partial charge in [-0.05, 0) is 30.2 Å². The van der Waals surface area contributed by atoms with E-state index < -0.39 is 5.97 Å². The maximum absolute atomic E-state index is 10.2. The van der Waals surface area contributed by atoms with Crippen molar-refractivity contribution in [2.75, 3.05) is 6.54 Å². The number of halogens is 1. The first-order valence-electron chi connectivity index (χ1n) is 4.95. The molecule has 0 aromatic heterocycles. The quantitative estimate of drug-likeness (QED) is 0.645. The number of nitrogens with one attached hydrogen (secondary N) is 1. The Morgan fingerprint density at radius 1 is 1.56 bits per heavy atom. The summed E-state index contributed by atoms with van der Waals surface area (Å²) in [7, 11) is 0. The minimum absolute atomic E-state index is 0.554. The maximum atomic E-state index is 10.2. The van der Waals surface area contributed by atoms with Gasteiger partial charge in [-0.15, -0.1) is 0 Å². The number of benzene rings is 1. The lowest BCUT2D eigenvalue weighted by Crippen LogP contribution is -2.14. The molecular formula is C12H14BrNO2. The number of hydrogen-bond donors (Lipinski definition) is 2. The lowest BCUT2D eigenvalue weighted by atomic mass is 10.1. The van der Waals surface area contributed by atoms with E-state index in [2.05, 4.69) is 34.2 Å². The van der Waals surface area contributed by atoms with E-state index in [-0.39, 0.29) is 0 Å². The second-order valence-electron chi connectivity index (χ2n) is 3.44. The molecule has 4 heteroatoms. The zero-order valence-corrected chi connectivity index (χ0v) is 10.6. The molecule has 3 nitrogen and oxygen atoms in total. The molecule has 0 heterocycles. The SMILES string of the molecule is Cc1ccc(Br)cc1CNC/C=C/C(=O)O. The van der Waals surface area contributed by atoms with Crippen LogP contribution in [0.1, 0.15) is 11.1 Å². The molecule has 1 aromatic carbocycles. The first-order chi connectivity index (χ1) is 7.59. The average molecular weight is 284 g/mol. The highest BCUT2D eigenvalue weighted by atomic mass is 79.9. The lowest BCUT2D eigenvalue weighted by molar-refractivity contribution is -0.131. The summed E-state index contributed by atoms with van der Waals surface area (Å²) >= 11 is 3.42. The number of carbonyl (C=O) groups is 1. The first-order valence-corrected chi connectivity index (χ1v) is 5.74. The van der Waals surface area contributed by atoms with Crippen LogP contribution in [0, 0.1) is 6.92 Å². The summed E-state index contributed by atoms with van der Waals surface area (Å²) in [6.07, 6.45) is 2.73. The standard InChI is InChI=1S/C12H14BrNO2/c1-9-4-5-11(13)7-10(9)8-14-6-2-3-12(15)16/h2-5,7,14H,6,8H2,1H3,(H,15,16)/b3-2+. The van der Waals surface area contributed by atoms with Gasteiger partial charge in [-0.2, -0.15) is 0 Å². The Hall–Kier alpha value is -1.13. The van der Waals surface area contributed by atoms with Crippen LogP contribution in [0.2, 0.25) is 0 Å². The molecule has 86 valence electrons. The monoisotopic (exact) mass is 283 g/mol. The fraction of sp³-hybridized carbons (Fsp3) is 0.250. The van der Waals surface area contributed by atoms with Gasteiger partial charge in [0.25, 0.3) is 0 Å². The number of rotatable bonds is 5. The summed E-state index contributed by atoms with van der Waals surface area (Å²) in [5, 5.41) is 11.5. The van der Waals surface area contributed by atoms with Crippen LogP contribution in [-0.2, 0) is 11.3 Å². The molecule has 0 fully saturated rings. The van der Waals surface area contributed by atoms with Gasteiger partial charge in [-0.1, -0.05) is 28.1 Å². The third-order valence-corrected chi connectivity index (χ3v) is 2.64. The first kappa shape index (κ1) is 12.9. The summed E-state index contributed by atoms with van der Waals surface area (Å²) in [5.74, 6) is -0.916. The maximum Gasteiger partial charge on any atom is 0.328 e. The van der Waals surface area contributed by atoms with Gasteiger partial charge in [0.05, 0.1) is 0 Å². The van der Waals surface area contributed by atoms with E-state index in [9.17, 15) is 4.79 Å². The van der Waals surface area contributed by atoms with Crippen LogP contribution in [-0.4, -0.2) is 17.6 Å². The van der Waals surface area contributed by atoms with Crippen molar-refractivity contribution in [3.05, 3.63) is 46.0 Å². The predicted octanol–water partition coefficient (Wildman–Crippen LogP) is 2.49. The van der Waals surface area contributed by atoms with Crippen LogP contribution < -0.4 is 5.32 Å². The van der Waals surface area contributed by atoms with Crippen LogP contribution >= 0.6 is 15.9 Å². The van der Waals surface area contributed by atoms with E-state index in [1.807, 2.05) is 12.1 Å². The van der Waals surface area contributed by atoms with Crippen molar-refractivity contribution in [2.24, 2.45) is 0 Å². The highest BCUT2D eigenvalue weighted by Crippen LogP contribution is 2.15. The molecular weight excluding hydrogens is 270 g/mol. The van der Waals surface area contributed by atoms with E-state index in [0.29, 0.717) is 6.54 Å². The van der Waals surface area contributed by atoms with Crippen molar-refractivity contribution in [1.29, 1.82) is 0 Å². The molecule has 0 spiro atoms. The molecule has 2 N–H and O–H groups in total. The van der Waals surface area contributed by atoms with Crippen LogP contribution in [0.15, 0.2) is 34.8 Å². The number of hydrogen-bond acceptors (Lipinski definition) is 2. The molecule has 0 aliphatic carbocycles. The molecule has 0 radical (unpaired) electrons. The van der Waals surface area contributed by atoms with Gasteiger partial charge < -0.3 is 10.4 Å². The third-order valence-electron chi connectivity index (χ3n) is 2.15. The molecule has 0 amide bonds. The van der Waals surface area contributed by atoms with Crippen molar-refractivity contribution >= 4 is 21.9 Å². The van der Waals surface area contributed by atoms with Gasteiger partial charge in [0.1, 0.15) is 0 Å². The van der Waals surface area contributed by atoms with Gasteiger partial charge in [-0.25, -0.2) is 4.79 Å². The van der Waals surface area contributed by atoms with Crippen LogP contribution in [0.5, 0.6) is 0 Å². The largest absolute Gasteiger partial charge is 0.478 e. The molecule has 1 aromatic rings. The minimum Gasteiger partial charge on any atom is -0.478 e. The zero-order valence-electron chi connectivity index (χ0n) is 9.03. The molecule has 1 rings (SSSR count). The second-order valence-corrected chi connectivity index (χ2v) is 4.36. The lowest BCUT2D eigenvalue weighted by Gasteiger charge is -2.06. The van der Waals surface area contributed by atoms with Crippen molar-refractivity contribution in [1.82, 2.24) is 5.32 Å². The van der Waals surface area contributed by atoms with E-state index in [0.717, 1.165) is 17.1 Å². The van der Waals surface area contributed by atoms with Gasteiger partial charge >= 0.3 is 5.97 Å². The molecule has 0 aliphatic rings. The highest BCUT2D eigenvalue weighted by molar-refractivity contribution is 9.10. The average Bonchev–Trinajstić information content (AvgIpc) is 2.22. The van der Waals surface area contributed by atoms with E-state index >= 15 is 0 Å². The molecule has 16 heavy (non-hydrogen) atoms. The third kappa shape index (κ3) is 4.59. The Bertz CT molecular complexity index is 402. The van der Waals surface area contributed by atoms with Crippen molar-refractivity contribution in [3.8, 4) is 0 Å². The summed E-state index contributed by atoms with van der Waals surface area (Å²) in [6.45, 7) is 3.34. The van der Waals surface area contributed by atoms with E-state index in [4.69, 9.17) is 5.11 Å². The molecule has 0 saturated heterocycles. The van der Waals surface area contributed by atoms with Crippen molar-refractivity contribution in [3.63, 3.8) is 0 Å². The Labute approximate surface area is 103 Å². The fourth-order valence-corrected chi connectivity index (χ4v) is 1.69. The molecule has 0 saturated carbocycles. The fourth-order valence-electron chi connectivity index (χ4n) is 1.28. The summed E-state index contributed by atoms with van der Waals surface area (Å²) in [5.41, 5.74) is 2.43. The van der Waals surface area contributed by atoms with Crippen LogP contribution in [0.4, 0.5) is 0 Å². The molecule has 0 unspecified atom stereocenters. The Kier molecular flexibility index (Phi) is 5.22. The molecule has 0 atom stereocenters. The Morgan fingerprint density at radius 3 is 3.00 bits per heavy atom. The van der Waals surface area contributed by atoms with Gasteiger partial charge in [0.15, 0.2) is 0 Å². The number of carboxylic acid groups (broad SMARTS) is 1. The van der Waals surface area contributed by atoms with Gasteiger partial charge in [0, 0.05) is 23.6 Å². The predicted molar refractivity (Wildman–Crippen MR) is 67.4 cm³/mol. The Balaban J connectivity index is 2.43. The summed E-state index contributed by atoms with van der Waals surface area (Å²) in [4.78, 5) is 10.2. The van der Waals surface area contributed by atoms with Crippen molar-refractivity contribution < 1.29 is 9.90 Å². The normalized spacial score (nSPS) is 10.9. The zero-order chi connectivity index (χ0) is 12.0. The summed E-state index contributed by atoms with van der Waals surface area (Å²) < 4.78 is 1.05. The van der Waals surface area contributed by atoms with Crippen LogP contribution in [0.25, 0.3) is 0 Å². The number of aryl methyl sites for hydroxylation is 1. The van der Waals surface area contributed by atoms with Crippen molar-refractivity contribution in [2.45, 2.75) is 13.5 Å².